The summed E-state index contributed by atoms with van der Waals surface area (Å²) in [7, 11) is 1.58. The van der Waals surface area contributed by atoms with Crippen molar-refractivity contribution in [3.63, 3.8) is 0 Å². The first-order valence-corrected chi connectivity index (χ1v) is 6.02. The molecule has 4 heteroatoms. The van der Waals surface area contributed by atoms with Gasteiger partial charge in [-0.1, -0.05) is 26.2 Å². The normalized spacial score (nSPS) is 12.5. The average Bonchev–Trinajstić information content (AvgIpc) is 2.35. The number of benzene rings is 1. The summed E-state index contributed by atoms with van der Waals surface area (Å²) in [6.45, 7) is 2.15. The summed E-state index contributed by atoms with van der Waals surface area (Å²) in [4.78, 5) is 0. The van der Waals surface area contributed by atoms with Crippen molar-refractivity contribution in [3.05, 3.63) is 29.6 Å². The van der Waals surface area contributed by atoms with Crippen LogP contribution in [0.15, 0.2) is 18.2 Å². The minimum Gasteiger partial charge on any atom is -0.496 e. The molecule has 0 aliphatic rings. The lowest BCUT2D eigenvalue weighted by molar-refractivity contribution is 0.391. The summed E-state index contributed by atoms with van der Waals surface area (Å²) in [6.07, 6.45) is 4.24. The van der Waals surface area contributed by atoms with Crippen LogP contribution in [-0.4, -0.2) is 7.11 Å². The fraction of sp³-hybridized carbons (Fsp3) is 0.538. The largest absolute Gasteiger partial charge is 0.496 e. The van der Waals surface area contributed by atoms with Crippen LogP contribution >= 0.6 is 0 Å². The van der Waals surface area contributed by atoms with Gasteiger partial charge in [0.05, 0.1) is 7.11 Å². The molecule has 0 spiro atoms. The van der Waals surface area contributed by atoms with Crippen LogP contribution in [0.25, 0.3) is 0 Å². The lowest BCUT2D eigenvalue weighted by Gasteiger charge is -2.19. The summed E-state index contributed by atoms with van der Waals surface area (Å²) in [5.41, 5.74) is 3.52. The van der Waals surface area contributed by atoms with Crippen molar-refractivity contribution in [1.82, 2.24) is 5.43 Å². The summed E-state index contributed by atoms with van der Waals surface area (Å²) in [6, 6.07) is 4.44. The number of methoxy groups -OCH3 is 1. The molecule has 1 rings (SSSR count). The highest BCUT2D eigenvalue weighted by molar-refractivity contribution is 5.36. The van der Waals surface area contributed by atoms with Crippen LogP contribution in [0.2, 0.25) is 0 Å². The van der Waals surface area contributed by atoms with Crippen molar-refractivity contribution in [2.45, 2.75) is 38.6 Å². The summed E-state index contributed by atoms with van der Waals surface area (Å²) in [5.74, 6) is 5.94. The number of nitrogens with one attached hydrogen (secondary N) is 1. The minimum atomic E-state index is -0.267. The van der Waals surface area contributed by atoms with Crippen molar-refractivity contribution in [2.75, 3.05) is 7.11 Å². The van der Waals surface area contributed by atoms with E-state index in [0.29, 0.717) is 5.75 Å². The van der Waals surface area contributed by atoms with Gasteiger partial charge >= 0.3 is 0 Å². The summed E-state index contributed by atoms with van der Waals surface area (Å²) < 4.78 is 18.5. The Hall–Kier alpha value is -1.13. The van der Waals surface area contributed by atoms with Gasteiger partial charge in [0.1, 0.15) is 11.6 Å². The third kappa shape index (κ3) is 3.98. The zero-order valence-electron chi connectivity index (χ0n) is 10.5. The molecule has 1 aromatic carbocycles. The third-order valence-electron chi connectivity index (χ3n) is 2.86. The summed E-state index contributed by atoms with van der Waals surface area (Å²) >= 11 is 0. The molecule has 17 heavy (non-hydrogen) atoms. The number of unbranched alkanes of at least 4 members (excludes halogenated alkanes) is 2. The quantitative estimate of drug-likeness (QED) is 0.437. The SMILES string of the molecule is CCCCCC(NN)c1cc(F)ccc1OC. The van der Waals surface area contributed by atoms with E-state index >= 15 is 0 Å². The zero-order valence-corrected chi connectivity index (χ0v) is 10.5. The maximum Gasteiger partial charge on any atom is 0.123 e. The van der Waals surface area contributed by atoms with Gasteiger partial charge in [0.25, 0.3) is 0 Å². The van der Waals surface area contributed by atoms with Crippen LogP contribution in [0.1, 0.15) is 44.2 Å². The smallest absolute Gasteiger partial charge is 0.123 e. The van der Waals surface area contributed by atoms with Gasteiger partial charge < -0.3 is 4.74 Å². The highest BCUT2D eigenvalue weighted by Gasteiger charge is 2.15. The predicted octanol–water partition coefficient (Wildman–Crippen LogP) is 2.92. The zero-order chi connectivity index (χ0) is 12.7. The molecule has 0 aliphatic carbocycles. The van der Waals surface area contributed by atoms with Crippen molar-refractivity contribution in [1.29, 1.82) is 0 Å². The van der Waals surface area contributed by atoms with Crippen LogP contribution in [0.5, 0.6) is 5.75 Å². The molecule has 1 atom stereocenters. The van der Waals surface area contributed by atoms with Gasteiger partial charge in [0, 0.05) is 11.6 Å². The Morgan fingerprint density at radius 3 is 2.76 bits per heavy atom. The van der Waals surface area contributed by atoms with E-state index < -0.39 is 0 Å². The molecule has 0 bridgehead atoms. The number of hydrogen-bond acceptors (Lipinski definition) is 3. The van der Waals surface area contributed by atoms with E-state index in [9.17, 15) is 4.39 Å². The fourth-order valence-corrected chi connectivity index (χ4v) is 1.90. The number of halogens is 1. The maximum absolute atomic E-state index is 13.2. The number of nitrogens with two attached hydrogens (primary N) is 1. The van der Waals surface area contributed by atoms with Crippen molar-refractivity contribution in [3.8, 4) is 5.75 Å². The van der Waals surface area contributed by atoms with Crippen LogP contribution in [0.4, 0.5) is 4.39 Å². The van der Waals surface area contributed by atoms with Crippen LogP contribution in [-0.2, 0) is 0 Å². The molecule has 0 saturated carbocycles. The van der Waals surface area contributed by atoms with Crippen molar-refractivity contribution in [2.24, 2.45) is 5.84 Å². The number of ether oxygens (including phenoxy) is 1. The van der Waals surface area contributed by atoms with Gasteiger partial charge in [0.2, 0.25) is 0 Å². The van der Waals surface area contributed by atoms with Crippen LogP contribution < -0.4 is 16.0 Å². The van der Waals surface area contributed by atoms with Crippen LogP contribution in [0, 0.1) is 5.82 Å². The fourth-order valence-electron chi connectivity index (χ4n) is 1.90. The van der Waals surface area contributed by atoms with E-state index in [1.54, 1.807) is 13.2 Å². The monoisotopic (exact) mass is 240 g/mol. The maximum atomic E-state index is 13.2. The molecule has 0 fully saturated rings. The lowest BCUT2D eigenvalue weighted by Crippen LogP contribution is -2.28. The topological polar surface area (TPSA) is 47.3 Å². The molecule has 0 saturated heterocycles. The number of hydrazine groups is 1. The Morgan fingerprint density at radius 1 is 1.41 bits per heavy atom. The van der Waals surface area contributed by atoms with E-state index in [2.05, 4.69) is 12.3 Å². The number of hydrogen-bond donors (Lipinski definition) is 2. The molecular formula is C13H21FN2O. The van der Waals surface area contributed by atoms with Crippen molar-refractivity contribution >= 4 is 0 Å². The predicted molar refractivity (Wildman–Crippen MR) is 67.2 cm³/mol. The highest BCUT2D eigenvalue weighted by atomic mass is 19.1. The molecule has 0 heterocycles. The van der Waals surface area contributed by atoms with Gasteiger partial charge in [0.15, 0.2) is 0 Å². The number of rotatable bonds is 7. The molecule has 0 aliphatic heterocycles. The second kappa shape index (κ2) is 7.25. The Bertz CT molecular complexity index is 344. The first-order valence-electron chi connectivity index (χ1n) is 6.02. The molecule has 3 N–H and O–H groups in total. The molecule has 96 valence electrons. The Labute approximate surface area is 102 Å². The minimum absolute atomic E-state index is 0.0628. The van der Waals surface area contributed by atoms with Gasteiger partial charge in [-0.05, 0) is 24.6 Å². The van der Waals surface area contributed by atoms with Crippen molar-refractivity contribution < 1.29 is 9.13 Å². The first-order chi connectivity index (χ1) is 8.22. The third-order valence-corrected chi connectivity index (χ3v) is 2.86. The first kappa shape index (κ1) is 13.9. The second-order valence-electron chi connectivity index (χ2n) is 4.10. The average molecular weight is 240 g/mol. The van der Waals surface area contributed by atoms with Crippen LogP contribution in [0.3, 0.4) is 0 Å². The van der Waals surface area contributed by atoms with Gasteiger partial charge in [-0.15, -0.1) is 0 Å². The van der Waals surface area contributed by atoms with E-state index in [4.69, 9.17) is 10.6 Å². The van der Waals surface area contributed by atoms with E-state index in [0.717, 1.165) is 31.2 Å². The highest BCUT2D eigenvalue weighted by Crippen LogP contribution is 2.28. The molecule has 0 amide bonds. The van der Waals surface area contributed by atoms with E-state index in [1.807, 2.05) is 0 Å². The molecule has 1 aromatic rings. The lowest BCUT2D eigenvalue weighted by atomic mass is 10.00. The Morgan fingerprint density at radius 2 is 2.18 bits per heavy atom. The molecule has 0 radical (unpaired) electrons. The van der Waals surface area contributed by atoms with Gasteiger partial charge in [-0.2, -0.15) is 0 Å². The standard InChI is InChI=1S/C13H21FN2O/c1-3-4-5-6-12(16-15)11-9-10(14)7-8-13(11)17-2/h7-9,12,16H,3-6,15H2,1-2H3. The summed E-state index contributed by atoms with van der Waals surface area (Å²) in [5, 5.41) is 0. The molecule has 1 unspecified atom stereocenters. The Kier molecular flexibility index (Phi) is 5.94. The van der Waals surface area contributed by atoms with Gasteiger partial charge in [-0.25, -0.2) is 4.39 Å². The van der Waals surface area contributed by atoms with E-state index in [1.165, 1.54) is 12.1 Å². The second-order valence-corrected chi connectivity index (χ2v) is 4.10. The van der Waals surface area contributed by atoms with E-state index in [-0.39, 0.29) is 11.9 Å². The van der Waals surface area contributed by atoms with Gasteiger partial charge in [-0.3, -0.25) is 11.3 Å². The molecular weight excluding hydrogens is 219 g/mol. The molecule has 0 aromatic heterocycles. The Balaban J connectivity index is 2.82. The molecule has 3 nitrogen and oxygen atoms in total.